The van der Waals surface area contributed by atoms with E-state index in [-0.39, 0.29) is 6.42 Å². The standard InChI is InChI=1S/C18H20N4O5S/c1-18(7-3-2-4-8-18)28(26,27)22-15-6-5-12(9-13(15)11-20-22)10-14(16(19)23)21-17(24)25/h2-7,9,11,14,21H,8,10H2,1H3,(H2,19,23)(H,24,25)/t14-,18?/m0/s1. The monoisotopic (exact) mass is 404 g/mol. The number of primary amides is 1. The normalized spacial score (nSPS) is 20.2. The van der Waals surface area contributed by atoms with Crippen molar-refractivity contribution >= 4 is 32.9 Å². The van der Waals surface area contributed by atoms with Crippen LogP contribution in [0.2, 0.25) is 0 Å². The van der Waals surface area contributed by atoms with Gasteiger partial charge in [0, 0.05) is 11.8 Å². The molecule has 4 N–H and O–H groups in total. The summed E-state index contributed by atoms with van der Waals surface area (Å²) in [5.74, 6) is -0.800. The number of nitrogens with two attached hydrogens (primary N) is 1. The molecule has 0 saturated heterocycles. The molecule has 0 saturated carbocycles. The van der Waals surface area contributed by atoms with Crippen LogP contribution in [-0.4, -0.2) is 45.5 Å². The molecule has 1 aliphatic carbocycles. The van der Waals surface area contributed by atoms with E-state index in [9.17, 15) is 18.0 Å². The average molecular weight is 404 g/mol. The quantitative estimate of drug-likeness (QED) is 0.659. The Hall–Kier alpha value is -3.14. The van der Waals surface area contributed by atoms with E-state index in [1.807, 2.05) is 0 Å². The van der Waals surface area contributed by atoms with E-state index in [2.05, 4.69) is 10.4 Å². The van der Waals surface area contributed by atoms with Crippen molar-refractivity contribution in [3.05, 3.63) is 54.3 Å². The molecule has 1 aromatic heterocycles. The van der Waals surface area contributed by atoms with Gasteiger partial charge in [-0.05, 0) is 31.0 Å². The molecule has 3 rings (SSSR count). The molecule has 0 bridgehead atoms. The lowest BCUT2D eigenvalue weighted by atomic mass is 10.0. The van der Waals surface area contributed by atoms with Gasteiger partial charge in [-0.2, -0.15) is 9.19 Å². The molecule has 0 aliphatic heterocycles. The van der Waals surface area contributed by atoms with Gasteiger partial charge in [-0.3, -0.25) is 4.79 Å². The van der Waals surface area contributed by atoms with E-state index in [1.54, 1.807) is 49.4 Å². The van der Waals surface area contributed by atoms with Crippen LogP contribution < -0.4 is 11.1 Å². The summed E-state index contributed by atoms with van der Waals surface area (Å²) in [7, 11) is -3.81. The molecule has 148 valence electrons. The summed E-state index contributed by atoms with van der Waals surface area (Å²) in [4.78, 5) is 22.2. The van der Waals surface area contributed by atoms with Crippen LogP contribution in [0.1, 0.15) is 18.9 Å². The first-order valence-corrected chi connectivity index (χ1v) is 9.93. The number of carboxylic acid groups (broad SMARTS) is 1. The molecule has 1 unspecified atom stereocenters. The molecule has 2 aromatic rings. The Morgan fingerprint density at radius 3 is 2.75 bits per heavy atom. The molecule has 0 radical (unpaired) electrons. The van der Waals surface area contributed by atoms with E-state index in [0.29, 0.717) is 22.9 Å². The molecule has 2 atom stereocenters. The van der Waals surface area contributed by atoms with E-state index < -0.39 is 32.8 Å². The minimum Gasteiger partial charge on any atom is -0.465 e. The van der Waals surface area contributed by atoms with Crippen molar-refractivity contribution < 1.29 is 23.1 Å². The number of fused-ring (bicyclic) bond motifs is 1. The minimum absolute atomic E-state index is 0.0424. The number of aromatic nitrogens is 2. The third-order valence-electron chi connectivity index (χ3n) is 4.72. The first-order chi connectivity index (χ1) is 13.1. The molecular weight excluding hydrogens is 384 g/mol. The van der Waals surface area contributed by atoms with E-state index in [0.717, 1.165) is 4.09 Å². The van der Waals surface area contributed by atoms with Crippen LogP contribution in [0.25, 0.3) is 10.9 Å². The highest BCUT2D eigenvalue weighted by Crippen LogP contribution is 2.30. The van der Waals surface area contributed by atoms with Gasteiger partial charge in [-0.1, -0.05) is 30.4 Å². The van der Waals surface area contributed by atoms with Gasteiger partial charge < -0.3 is 16.2 Å². The topological polar surface area (TPSA) is 144 Å². The smallest absolute Gasteiger partial charge is 0.405 e. The van der Waals surface area contributed by atoms with Crippen LogP contribution in [0, 0.1) is 0 Å². The Morgan fingerprint density at radius 2 is 2.14 bits per heavy atom. The summed E-state index contributed by atoms with van der Waals surface area (Å²) >= 11 is 0. The second-order valence-electron chi connectivity index (χ2n) is 6.80. The zero-order chi connectivity index (χ0) is 20.5. The number of nitrogens with one attached hydrogen (secondary N) is 1. The summed E-state index contributed by atoms with van der Waals surface area (Å²) in [6.45, 7) is 1.64. The highest BCUT2D eigenvalue weighted by molar-refractivity contribution is 7.91. The van der Waals surface area contributed by atoms with Gasteiger partial charge in [0.1, 0.15) is 10.8 Å². The number of nitrogens with zero attached hydrogens (tertiary/aromatic N) is 2. The predicted octanol–water partition coefficient (Wildman–Crippen LogP) is 1.15. The lowest BCUT2D eigenvalue weighted by molar-refractivity contribution is -0.119. The molecule has 28 heavy (non-hydrogen) atoms. The van der Waals surface area contributed by atoms with Gasteiger partial charge in [0.05, 0.1) is 11.7 Å². The number of allylic oxidation sites excluding steroid dienone is 3. The fourth-order valence-corrected chi connectivity index (χ4v) is 4.63. The summed E-state index contributed by atoms with van der Waals surface area (Å²) in [5.41, 5.74) is 6.25. The Morgan fingerprint density at radius 1 is 1.39 bits per heavy atom. The summed E-state index contributed by atoms with van der Waals surface area (Å²) in [6.07, 6.45) is 7.38. The Kier molecular flexibility index (Phi) is 4.99. The molecule has 0 fully saturated rings. The van der Waals surface area contributed by atoms with Crippen LogP contribution in [0.15, 0.2) is 48.7 Å². The highest BCUT2D eigenvalue weighted by atomic mass is 32.2. The lowest BCUT2D eigenvalue weighted by Crippen LogP contribution is -2.45. The Bertz CT molecular complexity index is 1100. The number of carbonyl (C=O) groups excluding carboxylic acids is 1. The summed E-state index contributed by atoms with van der Waals surface area (Å²) < 4.78 is 26.2. The van der Waals surface area contributed by atoms with Crippen molar-refractivity contribution in [1.29, 1.82) is 0 Å². The molecule has 9 nitrogen and oxygen atoms in total. The maximum absolute atomic E-state index is 13.1. The first-order valence-electron chi connectivity index (χ1n) is 8.49. The van der Waals surface area contributed by atoms with Crippen molar-refractivity contribution in [3.63, 3.8) is 0 Å². The van der Waals surface area contributed by atoms with Crippen molar-refractivity contribution in [2.24, 2.45) is 5.73 Å². The minimum atomic E-state index is -3.81. The van der Waals surface area contributed by atoms with Crippen molar-refractivity contribution in [1.82, 2.24) is 14.5 Å². The van der Waals surface area contributed by atoms with Gasteiger partial charge in [0.15, 0.2) is 0 Å². The van der Waals surface area contributed by atoms with E-state index >= 15 is 0 Å². The Balaban J connectivity index is 1.95. The molecular formula is C18H20N4O5S. The molecule has 2 amide bonds. The fraction of sp³-hybridized carbons (Fsp3) is 0.278. The summed E-state index contributed by atoms with van der Waals surface area (Å²) in [6, 6.07) is 3.77. The molecule has 1 aromatic carbocycles. The van der Waals surface area contributed by atoms with Crippen LogP contribution in [0.4, 0.5) is 4.79 Å². The zero-order valence-corrected chi connectivity index (χ0v) is 15.9. The largest absolute Gasteiger partial charge is 0.465 e. The average Bonchev–Trinajstić information content (AvgIpc) is 3.05. The molecule has 0 spiro atoms. The van der Waals surface area contributed by atoms with E-state index in [4.69, 9.17) is 10.8 Å². The third kappa shape index (κ3) is 3.50. The predicted molar refractivity (Wildman–Crippen MR) is 103 cm³/mol. The zero-order valence-electron chi connectivity index (χ0n) is 15.1. The molecule has 10 heteroatoms. The molecule has 1 heterocycles. The van der Waals surface area contributed by atoms with Crippen molar-refractivity contribution in [2.75, 3.05) is 0 Å². The highest BCUT2D eigenvalue weighted by Gasteiger charge is 2.39. The summed E-state index contributed by atoms with van der Waals surface area (Å²) in [5, 5.41) is 15.5. The fourth-order valence-electron chi connectivity index (χ4n) is 3.08. The number of amides is 2. The van der Waals surface area contributed by atoms with Gasteiger partial charge in [-0.25, -0.2) is 13.2 Å². The second-order valence-corrected chi connectivity index (χ2v) is 9.03. The second kappa shape index (κ2) is 7.12. The lowest BCUT2D eigenvalue weighted by Gasteiger charge is -2.26. The van der Waals surface area contributed by atoms with Crippen molar-refractivity contribution in [2.45, 2.75) is 30.6 Å². The molecule has 1 aliphatic rings. The number of carbonyl (C=O) groups is 2. The maximum Gasteiger partial charge on any atom is 0.405 e. The number of hydrogen-bond acceptors (Lipinski definition) is 5. The third-order valence-corrected chi connectivity index (χ3v) is 6.94. The van der Waals surface area contributed by atoms with Crippen LogP contribution in [-0.2, 0) is 21.2 Å². The number of hydrogen-bond donors (Lipinski definition) is 3. The van der Waals surface area contributed by atoms with Crippen LogP contribution in [0.3, 0.4) is 0 Å². The number of rotatable bonds is 6. The number of benzene rings is 1. The van der Waals surface area contributed by atoms with Crippen LogP contribution in [0.5, 0.6) is 0 Å². The first kappa shape index (κ1) is 19.6. The van der Waals surface area contributed by atoms with Gasteiger partial charge in [0.25, 0.3) is 10.0 Å². The maximum atomic E-state index is 13.1. The SMILES string of the molecule is CC1(S(=O)(=O)n2ncc3cc(C[C@H](NC(=O)O)C(N)=O)ccc32)C=CC=CC1. The van der Waals surface area contributed by atoms with Crippen LogP contribution >= 0.6 is 0 Å². The van der Waals surface area contributed by atoms with Gasteiger partial charge in [-0.15, -0.1) is 0 Å². The van der Waals surface area contributed by atoms with Crippen molar-refractivity contribution in [3.8, 4) is 0 Å². The van der Waals surface area contributed by atoms with Gasteiger partial charge >= 0.3 is 6.09 Å². The Labute approximate surface area is 161 Å². The van der Waals surface area contributed by atoms with Gasteiger partial charge in [0.2, 0.25) is 5.91 Å². The van der Waals surface area contributed by atoms with E-state index in [1.165, 1.54) is 6.20 Å².